The van der Waals surface area contributed by atoms with Crippen molar-refractivity contribution in [2.45, 2.75) is 6.54 Å². The van der Waals surface area contributed by atoms with Gasteiger partial charge in [0.25, 0.3) is 0 Å². The van der Waals surface area contributed by atoms with Crippen LogP contribution in [0.25, 0.3) is 0 Å². The number of sulfonamides is 1. The largest absolute Gasteiger partial charge is 0.493 e. The predicted molar refractivity (Wildman–Crippen MR) is 126 cm³/mol. The topological polar surface area (TPSA) is 84.9 Å². The minimum Gasteiger partial charge on any atom is -0.493 e. The summed E-state index contributed by atoms with van der Waals surface area (Å²) in [6, 6.07) is 19.4. The summed E-state index contributed by atoms with van der Waals surface area (Å²) >= 11 is 0. The molecule has 1 saturated heterocycles. The van der Waals surface area contributed by atoms with Gasteiger partial charge in [0.05, 0.1) is 12.9 Å². The molecule has 1 aromatic heterocycles. The van der Waals surface area contributed by atoms with E-state index in [0.29, 0.717) is 44.5 Å². The van der Waals surface area contributed by atoms with E-state index in [4.69, 9.17) is 9.47 Å². The van der Waals surface area contributed by atoms with Crippen LogP contribution < -0.4 is 9.47 Å². The highest BCUT2D eigenvalue weighted by Crippen LogP contribution is 2.21. The van der Waals surface area contributed by atoms with Crippen molar-refractivity contribution < 1.29 is 17.9 Å². The van der Waals surface area contributed by atoms with Crippen molar-refractivity contribution in [1.82, 2.24) is 19.2 Å². The Morgan fingerprint density at radius 1 is 0.939 bits per heavy atom. The first-order valence-corrected chi connectivity index (χ1v) is 12.7. The monoisotopic (exact) mass is 468 g/mol. The molecule has 2 heterocycles. The maximum atomic E-state index is 12.3. The van der Waals surface area contributed by atoms with E-state index < -0.39 is 10.0 Å². The molecule has 0 spiro atoms. The van der Waals surface area contributed by atoms with E-state index in [0.717, 1.165) is 17.9 Å². The molecule has 0 radical (unpaired) electrons. The van der Waals surface area contributed by atoms with Crippen LogP contribution >= 0.6 is 0 Å². The highest BCUT2D eigenvalue weighted by molar-refractivity contribution is 7.88. The molecule has 1 fully saturated rings. The van der Waals surface area contributed by atoms with Crippen LogP contribution in [0.1, 0.15) is 5.56 Å². The van der Waals surface area contributed by atoms with Gasteiger partial charge in [-0.15, -0.1) is 0 Å². The van der Waals surface area contributed by atoms with E-state index in [1.165, 1.54) is 6.26 Å². The van der Waals surface area contributed by atoms with Gasteiger partial charge < -0.3 is 9.47 Å². The average molecular weight is 469 g/mol. The van der Waals surface area contributed by atoms with Crippen molar-refractivity contribution in [2.75, 3.05) is 39.0 Å². The summed E-state index contributed by atoms with van der Waals surface area (Å²) in [6.07, 6.45) is 4.54. The van der Waals surface area contributed by atoms with Crippen LogP contribution in [0, 0.1) is 5.92 Å². The van der Waals surface area contributed by atoms with Crippen LogP contribution in [0.2, 0.25) is 0 Å². The minimum atomic E-state index is -3.29. The number of nitrogens with zero attached hydrogens (tertiary/aromatic N) is 4. The Morgan fingerprint density at radius 2 is 1.70 bits per heavy atom. The quantitative estimate of drug-likeness (QED) is 0.502. The van der Waals surface area contributed by atoms with Crippen molar-refractivity contribution in [3.8, 4) is 17.5 Å². The van der Waals surface area contributed by atoms with E-state index >= 15 is 0 Å². The summed E-state index contributed by atoms with van der Waals surface area (Å²) in [6.45, 7) is 3.38. The van der Waals surface area contributed by atoms with Gasteiger partial charge in [0.15, 0.2) is 0 Å². The predicted octanol–water partition coefficient (Wildman–Crippen LogP) is 3.04. The third-order valence-electron chi connectivity index (χ3n) is 5.40. The Kier molecular flexibility index (Phi) is 7.54. The maximum Gasteiger partial charge on any atom is 0.321 e. The number of hydrogen-bond donors (Lipinski definition) is 0. The van der Waals surface area contributed by atoms with Crippen molar-refractivity contribution in [2.24, 2.45) is 5.92 Å². The Hall–Kier alpha value is -3.01. The van der Waals surface area contributed by atoms with Crippen LogP contribution in [0.3, 0.4) is 0 Å². The Balaban J connectivity index is 1.44. The zero-order chi connectivity index (χ0) is 23.1. The second-order valence-corrected chi connectivity index (χ2v) is 10.1. The lowest BCUT2D eigenvalue weighted by molar-refractivity contribution is 0.187. The number of para-hydroxylation sites is 1. The van der Waals surface area contributed by atoms with Crippen LogP contribution in [0.5, 0.6) is 17.5 Å². The maximum absolute atomic E-state index is 12.3. The molecule has 0 amide bonds. The van der Waals surface area contributed by atoms with Crippen molar-refractivity contribution in [3.05, 3.63) is 78.6 Å². The van der Waals surface area contributed by atoms with Crippen LogP contribution in [-0.2, 0) is 16.6 Å². The van der Waals surface area contributed by atoms with Crippen molar-refractivity contribution >= 4 is 10.0 Å². The molecule has 0 N–H and O–H groups in total. The molecule has 9 heteroatoms. The van der Waals surface area contributed by atoms with Gasteiger partial charge in [-0.05, 0) is 35.9 Å². The van der Waals surface area contributed by atoms with Gasteiger partial charge in [0.2, 0.25) is 10.0 Å². The van der Waals surface area contributed by atoms with E-state index in [9.17, 15) is 8.42 Å². The molecule has 174 valence electrons. The molecule has 4 rings (SSSR count). The number of ether oxygens (including phenoxy) is 2. The minimum absolute atomic E-state index is 0.0413. The SMILES string of the molecule is CS(=O)(=O)N1CCN(Cc2cccc(Oc3ncccn3)c2)CC(COc2ccccc2)C1. The summed E-state index contributed by atoms with van der Waals surface area (Å²) in [5.41, 5.74) is 1.07. The van der Waals surface area contributed by atoms with Crippen LogP contribution in [0.15, 0.2) is 73.1 Å². The second kappa shape index (κ2) is 10.7. The van der Waals surface area contributed by atoms with Crippen LogP contribution in [-0.4, -0.2) is 66.6 Å². The normalized spacial score (nSPS) is 17.9. The fourth-order valence-corrected chi connectivity index (χ4v) is 4.73. The molecule has 33 heavy (non-hydrogen) atoms. The molecule has 1 aliphatic rings. The summed E-state index contributed by atoms with van der Waals surface area (Å²) in [4.78, 5) is 10.5. The molecule has 1 atom stereocenters. The summed E-state index contributed by atoms with van der Waals surface area (Å²) in [7, 11) is -3.29. The van der Waals surface area contributed by atoms with Gasteiger partial charge in [0.1, 0.15) is 11.5 Å². The van der Waals surface area contributed by atoms with Gasteiger partial charge in [-0.3, -0.25) is 4.90 Å². The molecule has 1 aliphatic heterocycles. The molecule has 3 aromatic rings. The standard InChI is InChI=1S/C24H28N4O4S/c1-33(29,30)28-14-13-27(17-21(18-28)19-31-22-8-3-2-4-9-22)16-20-7-5-10-23(15-20)32-24-25-11-6-12-26-24/h2-12,15,21H,13-14,16-19H2,1H3. The van der Waals surface area contributed by atoms with Gasteiger partial charge in [-0.2, -0.15) is 0 Å². The van der Waals surface area contributed by atoms with E-state index in [2.05, 4.69) is 14.9 Å². The molecular formula is C24H28N4O4S. The van der Waals surface area contributed by atoms with Gasteiger partial charge in [-0.1, -0.05) is 30.3 Å². The number of aromatic nitrogens is 2. The summed E-state index contributed by atoms with van der Waals surface area (Å²) in [5.74, 6) is 1.49. The fourth-order valence-electron chi connectivity index (χ4n) is 3.84. The second-order valence-electron chi connectivity index (χ2n) is 8.13. The van der Waals surface area contributed by atoms with Gasteiger partial charge >= 0.3 is 6.01 Å². The molecule has 0 saturated carbocycles. The number of rotatable bonds is 8. The lowest BCUT2D eigenvalue weighted by Crippen LogP contribution is -2.36. The zero-order valence-corrected chi connectivity index (χ0v) is 19.4. The highest BCUT2D eigenvalue weighted by Gasteiger charge is 2.28. The Bertz CT molecular complexity index is 1130. The van der Waals surface area contributed by atoms with Crippen molar-refractivity contribution in [1.29, 1.82) is 0 Å². The zero-order valence-electron chi connectivity index (χ0n) is 18.6. The Morgan fingerprint density at radius 3 is 2.45 bits per heavy atom. The number of hydrogen-bond acceptors (Lipinski definition) is 7. The van der Waals surface area contributed by atoms with Gasteiger partial charge in [0, 0.05) is 51.0 Å². The van der Waals surface area contributed by atoms with Crippen LogP contribution in [0.4, 0.5) is 0 Å². The first-order chi connectivity index (χ1) is 16.0. The Labute approximate surface area is 194 Å². The average Bonchev–Trinajstić information content (AvgIpc) is 3.02. The van der Waals surface area contributed by atoms with E-state index in [1.54, 1.807) is 22.8 Å². The molecule has 1 unspecified atom stereocenters. The third kappa shape index (κ3) is 6.98. The van der Waals surface area contributed by atoms with Gasteiger partial charge in [-0.25, -0.2) is 22.7 Å². The lowest BCUT2D eigenvalue weighted by atomic mass is 10.1. The summed E-state index contributed by atoms with van der Waals surface area (Å²) in [5, 5.41) is 0. The number of benzene rings is 2. The third-order valence-corrected chi connectivity index (χ3v) is 6.67. The molecule has 0 aliphatic carbocycles. The van der Waals surface area contributed by atoms with E-state index in [1.807, 2.05) is 54.6 Å². The highest BCUT2D eigenvalue weighted by atomic mass is 32.2. The smallest absolute Gasteiger partial charge is 0.321 e. The first-order valence-electron chi connectivity index (χ1n) is 10.8. The molecule has 8 nitrogen and oxygen atoms in total. The van der Waals surface area contributed by atoms with Crippen molar-refractivity contribution in [3.63, 3.8) is 0 Å². The summed E-state index contributed by atoms with van der Waals surface area (Å²) < 4.78 is 37.8. The first kappa shape index (κ1) is 23.2. The molecular weight excluding hydrogens is 440 g/mol. The molecule has 0 bridgehead atoms. The van der Waals surface area contributed by atoms with E-state index in [-0.39, 0.29) is 5.92 Å². The molecule has 2 aromatic carbocycles. The fraction of sp³-hybridized carbons (Fsp3) is 0.333. The lowest BCUT2D eigenvalue weighted by Gasteiger charge is -2.24.